The van der Waals surface area contributed by atoms with Crippen LogP contribution in [0.4, 0.5) is 0 Å². The molecular weight excluding hydrogens is 371 g/mol. The number of carbonyl (C=O) groups excluding carboxylic acids is 1. The molecule has 0 heterocycles. The van der Waals surface area contributed by atoms with Gasteiger partial charge in [-0.2, -0.15) is 0 Å². The maximum atomic E-state index is 11.2. The standard InChI is InChI=1S/C15H24O.2C2H6.HI.H2/c1-10-8-12(3)15(13(4)9-10)7-6-11(2)14(5)16;2*1-2;;/h8-9,11-12,15H,6-7H2,1-5H3;2*1-2H3;2*1H/t11-,12?,15?;;;;/m0..../s1. The molecule has 2 heteroatoms. The Balaban J connectivity index is -0.000000249. The van der Waals surface area contributed by atoms with Gasteiger partial charge in [-0.15, -0.1) is 24.0 Å². The van der Waals surface area contributed by atoms with Gasteiger partial charge in [-0.05, 0) is 45.4 Å². The predicted molar refractivity (Wildman–Crippen MR) is 109 cm³/mol. The summed E-state index contributed by atoms with van der Waals surface area (Å²) in [6.07, 6.45) is 6.77. The van der Waals surface area contributed by atoms with E-state index in [9.17, 15) is 4.79 Å². The van der Waals surface area contributed by atoms with E-state index in [4.69, 9.17) is 0 Å². The van der Waals surface area contributed by atoms with Gasteiger partial charge in [0.05, 0.1) is 0 Å². The van der Waals surface area contributed by atoms with Crippen molar-refractivity contribution in [3.8, 4) is 0 Å². The number of rotatable bonds is 4. The Morgan fingerprint density at radius 1 is 1.24 bits per heavy atom. The first-order valence-electron chi connectivity index (χ1n) is 8.29. The van der Waals surface area contributed by atoms with Crippen LogP contribution in [0.25, 0.3) is 0 Å². The lowest BCUT2D eigenvalue weighted by Gasteiger charge is -2.27. The molecule has 0 spiro atoms. The van der Waals surface area contributed by atoms with E-state index < -0.39 is 0 Å². The van der Waals surface area contributed by atoms with Crippen LogP contribution in [0.5, 0.6) is 0 Å². The average Bonchev–Trinajstić information content (AvgIpc) is 2.41. The fourth-order valence-corrected chi connectivity index (χ4v) is 2.58. The van der Waals surface area contributed by atoms with Crippen molar-refractivity contribution in [1.29, 1.82) is 0 Å². The minimum atomic E-state index is 0. The largest absolute Gasteiger partial charge is 0.300 e. The number of carbonyl (C=O) groups is 1. The Morgan fingerprint density at radius 2 is 1.71 bits per heavy atom. The van der Waals surface area contributed by atoms with E-state index in [2.05, 4.69) is 32.9 Å². The van der Waals surface area contributed by atoms with Crippen molar-refractivity contribution >= 4 is 29.8 Å². The van der Waals surface area contributed by atoms with Gasteiger partial charge in [0, 0.05) is 7.34 Å². The average molecular weight is 410 g/mol. The summed E-state index contributed by atoms with van der Waals surface area (Å²) in [5, 5.41) is 0. The number of allylic oxidation sites excluding steroid dienone is 4. The maximum absolute atomic E-state index is 11.2. The lowest BCUT2D eigenvalue weighted by Crippen LogP contribution is -2.17. The molecule has 0 aromatic rings. The molecule has 0 radical (unpaired) electrons. The summed E-state index contributed by atoms with van der Waals surface area (Å²) < 4.78 is 0. The van der Waals surface area contributed by atoms with Crippen molar-refractivity contribution in [3.05, 3.63) is 23.3 Å². The minimum absolute atomic E-state index is 0. The first-order valence-corrected chi connectivity index (χ1v) is 8.29. The molecule has 0 N–H and O–H groups in total. The zero-order valence-corrected chi connectivity index (χ0v) is 17.9. The normalized spacial score (nSPS) is 21.2. The van der Waals surface area contributed by atoms with Crippen molar-refractivity contribution < 1.29 is 6.22 Å². The van der Waals surface area contributed by atoms with Gasteiger partial charge in [0.2, 0.25) is 0 Å². The molecule has 1 rings (SSSR count). The van der Waals surface area contributed by atoms with Gasteiger partial charge in [-0.25, -0.2) is 0 Å². The topological polar surface area (TPSA) is 17.1 Å². The van der Waals surface area contributed by atoms with Gasteiger partial charge < -0.3 is 0 Å². The Morgan fingerprint density at radius 3 is 2.10 bits per heavy atom. The van der Waals surface area contributed by atoms with Crippen molar-refractivity contribution in [2.45, 2.75) is 75.2 Å². The molecule has 0 aromatic heterocycles. The predicted octanol–water partition coefficient (Wildman–Crippen LogP) is 7.07. The van der Waals surface area contributed by atoms with Crippen LogP contribution in [-0.2, 0) is 4.79 Å². The smallest absolute Gasteiger partial charge is 0.132 e. The molecule has 3 atom stereocenters. The van der Waals surface area contributed by atoms with Crippen LogP contribution in [0.15, 0.2) is 23.3 Å². The number of ketones is 1. The Bertz CT molecular complexity index is 334. The summed E-state index contributed by atoms with van der Waals surface area (Å²) in [5.74, 6) is 1.78. The number of hydrogen-bond donors (Lipinski definition) is 0. The molecule has 0 saturated heterocycles. The fraction of sp³-hybridized carbons (Fsp3) is 0.737. The third kappa shape index (κ3) is 10.3. The van der Waals surface area contributed by atoms with E-state index in [-0.39, 0.29) is 31.3 Å². The Labute approximate surface area is 152 Å². The van der Waals surface area contributed by atoms with Crippen molar-refractivity contribution in [1.82, 2.24) is 0 Å². The summed E-state index contributed by atoms with van der Waals surface area (Å²) in [7, 11) is 0. The lowest BCUT2D eigenvalue weighted by molar-refractivity contribution is -0.120. The molecule has 0 amide bonds. The van der Waals surface area contributed by atoms with Gasteiger partial charge >= 0.3 is 0 Å². The lowest BCUT2D eigenvalue weighted by atomic mass is 9.78. The second kappa shape index (κ2) is 14.8. The van der Waals surface area contributed by atoms with Crippen LogP contribution in [0.2, 0.25) is 0 Å². The van der Waals surface area contributed by atoms with E-state index in [1.807, 2.05) is 34.6 Å². The summed E-state index contributed by atoms with van der Waals surface area (Å²) in [6, 6.07) is 0. The van der Waals surface area contributed by atoms with Crippen molar-refractivity contribution in [3.63, 3.8) is 0 Å². The maximum Gasteiger partial charge on any atom is 0.132 e. The molecule has 1 aliphatic carbocycles. The molecule has 0 aliphatic heterocycles. The van der Waals surface area contributed by atoms with Gasteiger partial charge in [-0.1, -0.05) is 64.8 Å². The highest BCUT2D eigenvalue weighted by Gasteiger charge is 2.21. The molecule has 1 nitrogen and oxygen atoms in total. The molecule has 0 aromatic carbocycles. The highest BCUT2D eigenvalue weighted by molar-refractivity contribution is 14.0. The van der Waals surface area contributed by atoms with E-state index in [1.54, 1.807) is 6.92 Å². The van der Waals surface area contributed by atoms with Gasteiger partial charge in [-0.3, -0.25) is 4.79 Å². The molecule has 128 valence electrons. The van der Waals surface area contributed by atoms with Gasteiger partial charge in [0.15, 0.2) is 0 Å². The van der Waals surface area contributed by atoms with E-state index in [1.165, 1.54) is 11.1 Å². The third-order valence-electron chi connectivity index (χ3n) is 3.81. The van der Waals surface area contributed by atoms with Crippen LogP contribution in [0.1, 0.15) is 76.6 Å². The molecule has 0 bridgehead atoms. The van der Waals surface area contributed by atoms with Crippen molar-refractivity contribution in [2.75, 3.05) is 0 Å². The summed E-state index contributed by atoms with van der Waals surface area (Å²) in [4.78, 5) is 11.2. The fourth-order valence-electron chi connectivity index (χ4n) is 2.58. The van der Waals surface area contributed by atoms with Crippen LogP contribution in [-0.4, -0.2) is 5.78 Å². The highest BCUT2D eigenvalue weighted by Crippen LogP contribution is 2.33. The molecule has 0 fully saturated rings. The second-order valence-electron chi connectivity index (χ2n) is 5.35. The number of hydrogen-bond acceptors (Lipinski definition) is 1. The van der Waals surface area contributed by atoms with Crippen LogP contribution >= 0.6 is 24.0 Å². The van der Waals surface area contributed by atoms with Crippen LogP contribution < -0.4 is 0 Å². The zero-order valence-electron chi connectivity index (χ0n) is 15.6. The van der Waals surface area contributed by atoms with Gasteiger partial charge in [0.25, 0.3) is 0 Å². The quantitative estimate of drug-likeness (QED) is 0.453. The molecule has 21 heavy (non-hydrogen) atoms. The van der Waals surface area contributed by atoms with E-state index >= 15 is 0 Å². The molecular formula is C19H39IO. The summed E-state index contributed by atoms with van der Waals surface area (Å²) in [5.41, 5.74) is 2.85. The first-order chi connectivity index (χ1) is 9.41. The third-order valence-corrected chi connectivity index (χ3v) is 3.81. The molecule has 1 aliphatic rings. The minimum Gasteiger partial charge on any atom is -0.300 e. The van der Waals surface area contributed by atoms with E-state index in [0.717, 1.165) is 12.8 Å². The molecule has 0 saturated carbocycles. The molecule has 2 unspecified atom stereocenters. The highest BCUT2D eigenvalue weighted by atomic mass is 127. The first kappa shape index (κ1) is 25.8. The van der Waals surface area contributed by atoms with Crippen LogP contribution in [0.3, 0.4) is 0 Å². The second-order valence-corrected chi connectivity index (χ2v) is 5.35. The van der Waals surface area contributed by atoms with Crippen LogP contribution in [0, 0.1) is 17.8 Å². The monoisotopic (exact) mass is 410 g/mol. The SMILES string of the molecule is CC.CC.CC(=O)[C@@H](C)CCC1C(C)=CC(C)=CC1C.I.[HH]. The zero-order chi connectivity index (χ0) is 16.3. The number of Topliss-reactive ketones (excluding diaryl/α,β-unsaturated/α-hetero) is 1. The number of halogens is 1. The summed E-state index contributed by atoms with van der Waals surface area (Å²) in [6.45, 7) is 18.4. The van der Waals surface area contributed by atoms with Crippen molar-refractivity contribution in [2.24, 2.45) is 17.8 Å². The Kier molecular flexibility index (Phi) is 18.2. The van der Waals surface area contributed by atoms with E-state index in [0.29, 0.717) is 17.6 Å². The summed E-state index contributed by atoms with van der Waals surface area (Å²) >= 11 is 0. The Hall–Kier alpha value is -0.120. The van der Waals surface area contributed by atoms with Gasteiger partial charge in [0.1, 0.15) is 5.78 Å².